The number of benzene rings is 1. The van der Waals surface area contributed by atoms with E-state index in [9.17, 15) is 4.79 Å². The molecule has 0 aliphatic rings. The molecule has 77 valence electrons. The maximum Gasteiger partial charge on any atom is 0.265 e. The Morgan fingerprint density at radius 1 is 1.40 bits per heavy atom. The molecule has 1 heterocycles. The second-order valence-electron chi connectivity index (χ2n) is 3.33. The lowest BCUT2D eigenvalue weighted by Gasteiger charge is -1.98. The minimum atomic E-state index is -0.456. The standard InChI is InChI=1S/C11H12N3O/c12-6-5-8-7-3-1-2-4-9(7)14-10(8)11(13)15/h1-4,6,14H,5,12H2,(H2,13,15). The molecule has 0 aliphatic heterocycles. The summed E-state index contributed by atoms with van der Waals surface area (Å²) in [6, 6.07) is 7.67. The molecule has 0 fully saturated rings. The Balaban J connectivity index is 2.68. The van der Waals surface area contributed by atoms with Crippen molar-refractivity contribution in [3.8, 4) is 0 Å². The molecule has 0 unspecified atom stereocenters. The van der Waals surface area contributed by atoms with Crippen molar-refractivity contribution >= 4 is 16.8 Å². The summed E-state index contributed by atoms with van der Waals surface area (Å²) in [7, 11) is 0. The summed E-state index contributed by atoms with van der Waals surface area (Å²) in [5.74, 6) is -0.456. The van der Waals surface area contributed by atoms with E-state index in [0.717, 1.165) is 16.5 Å². The summed E-state index contributed by atoms with van der Waals surface area (Å²) >= 11 is 0. The van der Waals surface area contributed by atoms with Crippen LogP contribution >= 0.6 is 0 Å². The lowest BCUT2D eigenvalue weighted by atomic mass is 10.1. The number of amides is 1. The van der Waals surface area contributed by atoms with Crippen LogP contribution in [0.5, 0.6) is 0 Å². The lowest BCUT2D eigenvalue weighted by Crippen LogP contribution is -2.14. The first-order valence-corrected chi connectivity index (χ1v) is 4.67. The van der Waals surface area contributed by atoms with E-state index in [2.05, 4.69) is 4.98 Å². The van der Waals surface area contributed by atoms with Crippen molar-refractivity contribution in [2.45, 2.75) is 6.42 Å². The highest BCUT2D eigenvalue weighted by molar-refractivity contribution is 6.00. The van der Waals surface area contributed by atoms with Gasteiger partial charge in [-0.15, -0.1) is 0 Å². The predicted molar refractivity (Wildman–Crippen MR) is 59.0 cm³/mol. The Labute approximate surface area is 87.3 Å². The van der Waals surface area contributed by atoms with Crippen molar-refractivity contribution in [2.75, 3.05) is 0 Å². The number of hydrogen-bond acceptors (Lipinski definition) is 2. The molecule has 0 spiro atoms. The van der Waals surface area contributed by atoms with Crippen LogP contribution in [0.25, 0.3) is 10.9 Å². The SMILES string of the molecule is N[CH]Cc1c(C(N)=O)[nH]c2ccccc12. The smallest absolute Gasteiger partial charge is 0.265 e. The second-order valence-corrected chi connectivity index (χ2v) is 3.33. The molecule has 4 nitrogen and oxygen atoms in total. The summed E-state index contributed by atoms with van der Waals surface area (Å²) in [5, 5.41) is 0.994. The number of carbonyl (C=O) groups is 1. The molecule has 1 aromatic heterocycles. The van der Waals surface area contributed by atoms with Gasteiger partial charge in [-0.2, -0.15) is 0 Å². The fourth-order valence-electron chi connectivity index (χ4n) is 1.74. The van der Waals surface area contributed by atoms with Gasteiger partial charge in [-0.05, 0) is 18.1 Å². The third-order valence-corrected chi connectivity index (χ3v) is 2.38. The first-order valence-electron chi connectivity index (χ1n) is 4.67. The van der Waals surface area contributed by atoms with Gasteiger partial charge in [0.1, 0.15) is 5.69 Å². The lowest BCUT2D eigenvalue weighted by molar-refractivity contribution is 0.0995. The van der Waals surface area contributed by atoms with E-state index in [1.165, 1.54) is 6.54 Å². The first kappa shape index (κ1) is 9.73. The summed E-state index contributed by atoms with van der Waals surface area (Å²) in [5.41, 5.74) is 12.9. The molecular formula is C11H12N3O. The molecule has 15 heavy (non-hydrogen) atoms. The van der Waals surface area contributed by atoms with Crippen molar-refractivity contribution in [3.63, 3.8) is 0 Å². The Bertz CT molecular complexity index is 502. The summed E-state index contributed by atoms with van der Waals surface area (Å²) in [6.45, 7) is 1.52. The van der Waals surface area contributed by atoms with Gasteiger partial charge in [0.2, 0.25) is 0 Å². The predicted octanol–water partition coefficient (Wildman–Crippen LogP) is 0.930. The molecule has 0 atom stereocenters. The van der Waals surface area contributed by atoms with E-state index in [1.807, 2.05) is 24.3 Å². The highest BCUT2D eigenvalue weighted by atomic mass is 16.1. The molecule has 0 aliphatic carbocycles. The average Bonchev–Trinajstić information content (AvgIpc) is 2.58. The Morgan fingerprint density at radius 2 is 2.13 bits per heavy atom. The molecule has 2 aromatic rings. The van der Waals surface area contributed by atoms with E-state index in [1.54, 1.807) is 0 Å². The molecule has 1 radical (unpaired) electrons. The molecule has 0 bridgehead atoms. The third-order valence-electron chi connectivity index (χ3n) is 2.38. The number of para-hydroxylation sites is 1. The van der Waals surface area contributed by atoms with Gasteiger partial charge >= 0.3 is 0 Å². The highest BCUT2D eigenvalue weighted by Gasteiger charge is 2.13. The van der Waals surface area contributed by atoms with Crippen LogP contribution in [0, 0.1) is 6.54 Å². The van der Waals surface area contributed by atoms with Crippen LogP contribution < -0.4 is 11.5 Å². The number of aromatic nitrogens is 1. The number of nitrogens with one attached hydrogen (secondary N) is 1. The van der Waals surface area contributed by atoms with E-state index >= 15 is 0 Å². The number of aromatic amines is 1. The van der Waals surface area contributed by atoms with Crippen molar-refractivity contribution < 1.29 is 4.79 Å². The molecule has 2 rings (SSSR count). The Hall–Kier alpha value is -1.81. The van der Waals surface area contributed by atoms with Crippen LogP contribution in [0.2, 0.25) is 0 Å². The van der Waals surface area contributed by atoms with Crippen LogP contribution in [0.3, 0.4) is 0 Å². The van der Waals surface area contributed by atoms with Gasteiger partial charge in [0, 0.05) is 17.4 Å². The fraction of sp³-hybridized carbons (Fsp3) is 0.0909. The molecule has 5 N–H and O–H groups in total. The van der Waals surface area contributed by atoms with Gasteiger partial charge in [-0.25, -0.2) is 0 Å². The van der Waals surface area contributed by atoms with E-state index in [0.29, 0.717) is 12.1 Å². The van der Waals surface area contributed by atoms with Crippen LogP contribution in [-0.4, -0.2) is 10.9 Å². The van der Waals surface area contributed by atoms with Crippen molar-refractivity contribution in [1.82, 2.24) is 4.98 Å². The third kappa shape index (κ3) is 1.59. The Morgan fingerprint density at radius 3 is 2.80 bits per heavy atom. The van der Waals surface area contributed by atoms with E-state index in [4.69, 9.17) is 11.5 Å². The molecule has 0 saturated carbocycles. The molecule has 0 saturated heterocycles. The monoisotopic (exact) mass is 202 g/mol. The van der Waals surface area contributed by atoms with Gasteiger partial charge in [-0.3, -0.25) is 4.79 Å². The first-order chi connectivity index (χ1) is 7.24. The number of fused-ring (bicyclic) bond motifs is 1. The highest BCUT2D eigenvalue weighted by Crippen LogP contribution is 2.22. The molecule has 1 aromatic carbocycles. The number of H-pyrrole nitrogens is 1. The van der Waals surface area contributed by atoms with Gasteiger partial charge in [0.05, 0.1) is 0 Å². The number of rotatable bonds is 3. The van der Waals surface area contributed by atoms with Crippen molar-refractivity contribution in [2.24, 2.45) is 11.5 Å². The molecular weight excluding hydrogens is 190 g/mol. The van der Waals surface area contributed by atoms with E-state index < -0.39 is 5.91 Å². The zero-order chi connectivity index (χ0) is 10.8. The Kier molecular flexibility index (Phi) is 2.43. The summed E-state index contributed by atoms with van der Waals surface area (Å²) in [6.07, 6.45) is 0.530. The van der Waals surface area contributed by atoms with Crippen molar-refractivity contribution in [3.05, 3.63) is 42.1 Å². The second kappa shape index (κ2) is 3.74. The molecule has 1 amide bonds. The number of hydrogen-bond donors (Lipinski definition) is 3. The minimum Gasteiger partial charge on any atom is -0.364 e. The fourth-order valence-corrected chi connectivity index (χ4v) is 1.74. The largest absolute Gasteiger partial charge is 0.364 e. The average molecular weight is 202 g/mol. The number of nitrogens with two attached hydrogens (primary N) is 2. The van der Waals surface area contributed by atoms with Gasteiger partial charge in [0.15, 0.2) is 0 Å². The van der Waals surface area contributed by atoms with Gasteiger partial charge in [0.25, 0.3) is 5.91 Å². The number of primary amides is 1. The topological polar surface area (TPSA) is 84.9 Å². The number of carbonyl (C=O) groups excluding carboxylic acids is 1. The van der Waals surface area contributed by atoms with Crippen molar-refractivity contribution in [1.29, 1.82) is 0 Å². The minimum absolute atomic E-state index is 0.443. The van der Waals surface area contributed by atoms with Crippen LogP contribution in [-0.2, 0) is 6.42 Å². The van der Waals surface area contributed by atoms with Crippen LogP contribution in [0.4, 0.5) is 0 Å². The van der Waals surface area contributed by atoms with Crippen LogP contribution in [0.1, 0.15) is 16.1 Å². The molecule has 4 heteroatoms. The van der Waals surface area contributed by atoms with Gasteiger partial charge in [-0.1, -0.05) is 18.2 Å². The van der Waals surface area contributed by atoms with E-state index in [-0.39, 0.29) is 0 Å². The quantitative estimate of drug-likeness (QED) is 0.691. The maximum absolute atomic E-state index is 11.2. The zero-order valence-electron chi connectivity index (χ0n) is 8.16. The normalized spacial score (nSPS) is 10.7. The zero-order valence-corrected chi connectivity index (χ0v) is 8.16. The summed E-state index contributed by atoms with van der Waals surface area (Å²) < 4.78 is 0. The van der Waals surface area contributed by atoms with Crippen LogP contribution in [0.15, 0.2) is 24.3 Å². The van der Waals surface area contributed by atoms with Gasteiger partial charge < -0.3 is 16.5 Å². The maximum atomic E-state index is 11.2. The summed E-state index contributed by atoms with van der Waals surface area (Å²) in [4.78, 5) is 14.2.